The lowest BCUT2D eigenvalue weighted by Gasteiger charge is -2.21. The second-order valence-electron chi connectivity index (χ2n) is 5.82. The Balaban J connectivity index is 2.03. The van der Waals surface area contributed by atoms with Gasteiger partial charge >= 0.3 is 0 Å². The molecule has 116 valence electrons. The Morgan fingerprint density at radius 3 is 2.71 bits per heavy atom. The van der Waals surface area contributed by atoms with Gasteiger partial charge in [-0.3, -0.25) is 0 Å². The van der Waals surface area contributed by atoms with Gasteiger partial charge in [-0.1, -0.05) is 23.8 Å². The second-order valence-corrected chi connectivity index (χ2v) is 5.82. The minimum Gasteiger partial charge on any atom is -0.496 e. The predicted molar refractivity (Wildman–Crippen MR) is 85.7 cm³/mol. The highest BCUT2D eigenvalue weighted by atomic mass is 16.6. The minimum absolute atomic E-state index is 0.0928. The standard InChI is InChI=1S/C18H26O3/c1-6-8-14(18(19)20-7-2)10-21-17-12(4)9-11(3)15-13(5)16(15)17/h6,8-9,14,16,18-19H,7,10H2,1-5H3/p+1/b8-6-. The normalized spacial score (nSPS) is 24.1. The van der Waals surface area contributed by atoms with Crippen LogP contribution in [-0.2, 0) is 4.74 Å². The Labute approximate surface area is 127 Å². The van der Waals surface area contributed by atoms with Gasteiger partial charge in [0.15, 0.2) is 0 Å². The summed E-state index contributed by atoms with van der Waals surface area (Å²) < 4.78 is 10.2. The van der Waals surface area contributed by atoms with Crippen molar-refractivity contribution >= 4 is 0 Å². The number of rotatable bonds is 7. The summed E-state index contributed by atoms with van der Waals surface area (Å²) in [5.41, 5.74) is 5.39. The lowest BCUT2D eigenvalue weighted by molar-refractivity contribution is -0.231. The number of aliphatic hydroxyl groups excluding tert-OH is 1. The van der Waals surface area contributed by atoms with Crippen molar-refractivity contribution in [3.8, 4) is 0 Å². The van der Waals surface area contributed by atoms with Crippen molar-refractivity contribution in [3.05, 3.63) is 46.3 Å². The summed E-state index contributed by atoms with van der Waals surface area (Å²) in [6.07, 6.45) is 5.41. The first-order chi connectivity index (χ1) is 10.0. The molecule has 0 saturated carbocycles. The van der Waals surface area contributed by atoms with Crippen molar-refractivity contribution in [1.82, 2.24) is 0 Å². The van der Waals surface area contributed by atoms with Gasteiger partial charge < -0.3 is 14.6 Å². The third kappa shape index (κ3) is 3.30. The first-order valence-corrected chi connectivity index (χ1v) is 7.71. The summed E-state index contributed by atoms with van der Waals surface area (Å²) in [5, 5.41) is 10.1. The number of allylic oxidation sites excluding steroid dienone is 5. The highest BCUT2D eigenvalue weighted by Crippen LogP contribution is 2.52. The molecule has 3 atom stereocenters. The van der Waals surface area contributed by atoms with Gasteiger partial charge in [-0.15, -0.1) is 0 Å². The molecule has 0 bridgehead atoms. The molecular weight excluding hydrogens is 264 g/mol. The van der Waals surface area contributed by atoms with Gasteiger partial charge in [0.2, 0.25) is 0 Å². The van der Waals surface area contributed by atoms with Crippen molar-refractivity contribution < 1.29 is 14.6 Å². The Hall–Kier alpha value is -1.32. The summed E-state index contributed by atoms with van der Waals surface area (Å²) >= 11 is 0. The number of hydrogen-bond donors (Lipinski definition) is 1. The molecule has 2 rings (SSSR count). The molecule has 0 aromatic rings. The van der Waals surface area contributed by atoms with Crippen molar-refractivity contribution in [1.29, 1.82) is 0 Å². The maximum absolute atomic E-state index is 10.1. The van der Waals surface area contributed by atoms with E-state index in [1.165, 1.54) is 22.3 Å². The largest absolute Gasteiger partial charge is 0.496 e. The van der Waals surface area contributed by atoms with Gasteiger partial charge in [-0.05, 0) is 44.4 Å². The highest BCUT2D eigenvalue weighted by Gasteiger charge is 2.41. The maximum atomic E-state index is 10.1. The summed E-state index contributed by atoms with van der Waals surface area (Å²) in [4.78, 5) is 0. The topological polar surface area (TPSA) is 42.3 Å². The van der Waals surface area contributed by atoms with Crippen LogP contribution in [-0.4, -0.2) is 29.3 Å². The number of hydrogen-bond acceptors (Lipinski definition) is 2. The quantitative estimate of drug-likeness (QED) is 0.444. The van der Waals surface area contributed by atoms with Crippen LogP contribution in [0.1, 0.15) is 34.6 Å². The van der Waals surface area contributed by atoms with Gasteiger partial charge in [0.25, 0.3) is 6.29 Å². The van der Waals surface area contributed by atoms with Gasteiger partial charge in [-0.25, -0.2) is 0 Å². The van der Waals surface area contributed by atoms with Crippen LogP contribution in [0, 0.1) is 11.8 Å². The van der Waals surface area contributed by atoms with E-state index >= 15 is 0 Å². The zero-order chi connectivity index (χ0) is 15.6. The lowest BCUT2D eigenvalue weighted by atomic mass is 9.99. The Morgan fingerprint density at radius 2 is 2.10 bits per heavy atom. The summed E-state index contributed by atoms with van der Waals surface area (Å²) in [6.45, 7) is 11.4. The van der Waals surface area contributed by atoms with E-state index in [4.69, 9.17) is 4.74 Å². The third-order valence-corrected chi connectivity index (χ3v) is 4.20. The number of aliphatic hydroxyl groups is 3. The van der Waals surface area contributed by atoms with Crippen LogP contribution in [0.2, 0.25) is 0 Å². The summed E-state index contributed by atoms with van der Waals surface area (Å²) in [5.74, 6) is 1.33. The Morgan fingerprint density at radius 1 is 1.38 bits per heavy atom. The van der Waals surface area contributed by atoms with Crippen LogP contribution in [0.5, 0.6) is 0 Å². The van der Waals surface area contributed by atoms with Crippen molar-refractivity contribution in [2.24, 2.45) is 11.8 Å². The molecule has 0 radical (unpaired) electrons. The molecule has 3 nitrogen and oxygen atoms in total. The van der Waals surface area contributed by atoms with Crippen LogP contribution < -0.4 is 0 Å². The average Bonchev–Trinajstić information content (AvgIpc) is 3.09. The third-order valence-electron chi connectivity index (χ3n) is 4.20. The SMILES string of the molecule is C/C=C\C(COC1=C(C)C=C(C)C2=C(C)C12)C(O)[OH+]CC. The van der Waals surface area contributed by atoms with Crippen LogP contribution in [0.25, 0.3) is 0 Å². The van der Waals surface area contributed by atoms with Crippen LogP contribution in [0.15, 0.2) is 46.3 Å². The molecule has 0 saturated heterocycles. The van der Waals surface area contributed by atoms with Crippen molar-refractivity contribution in [3.63, 3.8) is 0 Å². The minimum atomic E-state index is -0.694. The fourth-order valence-electron chi connectivity index (χ4n) is 3.09. The molecule has 21 heavy (non-hydrogen) atoms. The zero-order valence-electron chi connectivity index (χ0n) is 13.7. The van der Waals surface area contributed by atoms with E-state index in [2.05, 4.69) is 31.6 Å². The zero-order valence-corrected chi connectivity index (χ0v) is 13.7. The molecular formula is C18H27O3+. The molecule has 2 N–H and O–H groups in total. The molecule has 3 heteroatoms. The van der Waals surface area contributed by atoms with Gasteiger partial charge in [-0.2, -0.15) is 0 Å². The van der Waals surface area contributed by atoms with E-state index in [-0.39, 0.29) is 5.92 Å². The maximum Gasteiger partial charge on any atom is 0.271 e. The first kappa shape index (κ1) is 16.1. The van der Waals surface area contributed by atoms with Gasteiger partial charge in [0.1, 0.15) is 24.9 Å². The Bertz CT molecular complexity index is 523. The van der Waals surface area contributed by atoms with Gasteiger partial charge in [0.05, 0.1) is 5.92 Å². The van der Waals surface area contributed by atoms with E-state index in [0.29, 0.717) is 19.1 Å². The van der Waals surface area contributed by atoms with E-state index in [0.717, 1.165) is 5.76 Å². The molecule has 2 aliphatic rings. The van der Waals surface area contributed by atoms with Crippen molar-refractivity contribution in [2.45, 2.75) is 40.9 Å². The van der Waals surface area contributed by atoms with E-state index in [1.54, 1.807) is 0 Å². The highest BCUT2D eigenvalue weighted by molar-refractivity contribution is 5.62. The molecule has 0 spiro atoms. The molecule has 0 aromatic carbocycles. The summed E-state index contributed by atoms with van der Waals surface area (Å²) in [7, 11) is 0. The van der Waals surface area contributed by atoms with Crippen LogP contribution in [0.4, 0.5) is 0 Å². The fraction of sp³-hybridized carbons (Fsp3) is 0.556. The van der Waals surface area contributed by atoms with Crippen molar-refractivity contribution in [2.75, 3.05) is 13.2 Å². The molecule has 0 aromatic heterocycles. The first-order valence-electron chi connectivity index (χ1n) is 7.71. The molecule has 3 unspecified atom stereocenters. The molecule has 2 aliphatic carbocycles. The lowest BCUT2D eigenvalue weighted by Crippen LogP contribution is -2.29. The monoisotopic (exact) mass is 291 g/mol. The average molecular weight is 291 g/mol. The van der Waals surface area contributed by atoms with Gasteiger partial charge in [0, 0.05) is 6.92 Å². The van der Waals surface area contributed by atoms with Crippen LogP contribution in [0.3, 0.4) is 0 Å². The van der Waals surface area contributed by atoms with Crippen LogP contribution >= 0.6 is 0 Å². The molecule has 0 amide bonds. The van der Waals surface area contributed by atoms with E-state index < -0.39 is 6.29 Å². The van der Waals surface area contributed by atoms with E-state index in [1.807, 2.05) is 26.0 Å². The van der Waals surface area contributed by atoms with E-state index in [9.17, 15) is 5.11 Å². The fourth-order valence-corrected chi connectivity index (χ4v) is 3.09. The Kier molecular flexibility index (Phi) is 5.07. The number of fused-ring (bicyclic) bond motifs is 1. The number of ether oxygens (including phenoxy) is 2. The second kappa shape index (κ2) is 6.63. The smallest absolute Gasteiger partial charge is 0.271 e. The molecule has 0 heterocycles. The summed E-state index contributed by atoms with van der Waals surface area (Å²) in [6, 6.07) is 0. The predicted octanol–water partition coefficient (Wildman–Crippen LogP) is 3.24. The molecule has 0 aliphatic heterocycles. The molecule has 0 fully saturated rings.